The van der Waals surface area contributed by atoms with Crippen molar-refractivity contribution in [1.82, 2.24) is 9.87 Å². The Kier molecular flexibility index (Phi) is 2.97. The molecule has 13 heavy (non-hydrogen) atoms. The SMILES string of the molecule is ONSc1nc(-c2cccs2)cs1. The quantitative estimate of drug-likeness (QED) is 0.628. The zero-order valence-corrected chi connectivity index (χ0v) is 8.88. The molecule has 0 fully saturated rings. The Morgan fingerprint density at radius 3 is 3.08 bits per heavy atom. The highest BCUT2D eigenvalue weighted by molar-refractivity contribution is 7.99. The first-order valence-electron chi connectivity index (χ1n) is 3.45. The highest BCUT2D eigenvalue weighted by Crippen LogP contribution is 2.29. The number of thiophene rings is 1. The van der Waals surface area contributed by atoms with Gasteiger partial charge in [-0.25, -0.2) is 4.98 Å². The third-order valence-electron chi connectivity index (χ3n) is 1.39. The fraction of sp³-hybridized carbons (Fsp3) is 0. The average Bonchev–Trinajstić information content (AvgIpc) is 2.70. The monoisotopic (exact) mass is 230 g/mol. The van der Waals surface area contributed by atoms with Crippen molar-refractivity contribution in [3.05, 3.63) is 22.9 Å². The van der Waals surface area contributed by atoms with Crippen molar-refractivity contribution in [2.24, 2.45) is 0 Å². The van der Waals surface area contributed by atoms with Crippen LogP contribution in [0.2, 0.25) is 0 Å². The van der Waals surface area contributed by atoms with Gasteiger partial charge >= 0.3 is 0 Å². The van der Waals surface area contributed by atoms with Crippen molar-refractivity contribution >= 4 is 34.6 Å². The number of aromatic nitrogens is 1. The predicted molar refractivity (Wildman–Crippen MR) is 56.2 cm³/mol. The first-order valence-corrected chi connectivity index (χ1v) is 6.03. The van der Waals surface area contributed by atoms with Gasteiger partial charge in [-0.2, -0.15) is 0 Å². The Balaban J connectivity index is 2.23. The van der Waals surface area contributed by atoms with E-state index in [1.165, 1.54) is 11.3 Å². The third-order valence-corrected chi connectivity index (χ3v) is 3.81. The van der Waals surface area contributed by atoms with Gasteiger partial charge in [-0.1, -0.05) is 6.07 Å². The molecule has 0 spiro atoms. The van der Waals surface area contributed by atoms with Gasteiger partial charge in [0.1, 0.15) is 0 Å². The van der Waals surface area contributed by atoms with Crippen molar-refractivity contribution in [2.75, 3.05) is 0 Å². The number of nitrogens with zero attached hydrogens (tertiary/aromatic N) is 1. The first-order chi connectivity index (χ1) is 6.40. The zero-order chi connectivity index (χ0) is 9.10. The first kappa shape index (κ1) is 9.17. The Hall–Kier alpha value is -0.400. The summed E-state index contributed by atoms with van der Waals surface area (Å²) in [6, 6.07) is 4.02. The Labute approximate surface area is 87.5 Å². The molecule has 0 radical (unpaired) electrons. The summed E-state index contributed by atoms with van der Waals surface area (Å²) in [7, 11) is 0. The number of hydrogen-bond donors (Lipinski definition) is 2. The molecule has 0 saturated carbocycles. The van der Waals surface area contributed by atoms with Crippen LogP contribution in [0.3, 0.4) is 0 Å². The fourth-order valence-electron chi connectivity index (χ4n) is 0.881. The largest absolute Gasteiger partial charge is 0.306 e. The van der Waals surface area contributed by atoms with Crippen LogP contribution in [0.5, 0.6) is 0 Å². The van der Waals surface area contributed by atoms with Crippen LogP contribution in [0.1, 0.15) is 0 Å². The minimum Gasteiger partial charge on any atom is -0.306 e. The van der Waals surface area contributed by atoms with E-state index >= 15 is 0 Å². The summed E-state index contributed by atoms with van der Waals surface area (Å²) in [6.45, 7) is 0. The van der Waals surface area contributed by atoms with Crippen molar-refractivity contribution < 1.29 is 5.21 Å². The van der Waals surface area contributed by atoms with Gasteiger partial charge in [0.2, 0.25) is 0 Å². The van der Waals surface area contributed by atoms with Gasteiger partial charge in [0.15, 0.2) is 4.34 Å². The lowest BCUT2D eigenvalue weighted by atomic mass is 10.4. The molecule has 2 aromatic rings. The van der Waals surface area contributed by atoms with E-state index in [1.807, 2.05) is 27.8 Å². The van der Waals surface area contributed by atoms with E-state index in [-0.39, 0.29) is 0 Å². The molecule has 3 nitrogen and oxygen atoms in total. The second kappa shape index (κ2) is 4.21. The van der Waals surface area contributed by atoms with Crippen LogP contribution < -0.4 is 4.89 Å². The maximum atomic E-state index is 8.44. The molecule has 0 saturated heterocycles. The molecule has 2 heterocycles. The van der Waals surface area contributed by atoms with Gasteiger partial charge in [-0.15, -0.1) is 27.6 Å². The van der Waals surface area contributed by atoms with E-state index < -0.39 is 0 Å². The van der Waals surface area contributed by atoms with Crippen LogP contribution in [0.15, 0.2) is 27.2 Å². The molecule has 0 aromatic carbocycles. The summed E-state index contributed by atoms with van der Waals surface area (Å²) in [5.41, 5.74) is 0.970. The highest BCUT2D eigenvalue weighted by atomic mass is 32.2. The molecule has 2 rings (SSSR count). The molecule has 0 bridgehead atoms. The maximum Gasteiger partial charge on any atom is 0.167 e. The smallest absolute Gasteiger partial charge is 0.167 e. The van der Waals surface area contributed by atoms with E-state index in [0.717, 1.165) is 26.9 Å². The summed E-state index contributed by atoms with van der Waals surface area (Å²) in [6.07, 6.45) is 0. The summed E-state index contributed by atoms with van der Waals surface area (Å²) in [5.74, 6) is 0. The summed E-state index contributed by atoms with van der Waals surface area (Å²) in [4.78, 5) is 7.48. The van der Waals surface area contributed by atoms with Crippen LogP contribution in [-0.2, 0) is 0 Å². The topological polar surface area (TPSA) is 45.1 Å². The van der Waals surface area contributed by atoms with E-state index in [1.54, 1.807) is 11.3 Å². The second-order valence-electron chi connectivity index (χ2n) is 2.17. The van der Waals surface area contributed by atoms with Crippen LogP contribution in [0, 0.1) is 0 Å². The molecule has 0 atom stereocenters. The summed E-state index contributed by atoms with van der Waals surface area (Å²) >= 11 is 4.28. The van der Waals surface area contributed by atoms with Gasteiger partial charge in [0.25, 0.3) is 0 Å². The zero-order valence-electron chi connectivity index (χ0n) is 6.43. The summed E-state index contributed by atoms with van der Waals surface area (Å²) in [5, 5.41) is 12.4. The number of rotatable bonds is 3. The molecule has 0 aliphatic rings. The average molecular weight is 230 g/mol. The van der Waals surface area contributed by atoms with Crippen molar-refractivity contribution in [3.63, 3.8) is 0 Å². The number of nitrogens with one attached hydrogen (secondary N) is 1. The lowest BCUT2D eigenvalue weighted by molar-refractivity contribution is 0.258. The Bertz CT molecular complexity index is 371. The van der Waals surface area contributed by atoms with E-state index in [2.05, 4.69) is 4.98 Å². The molecule has 2 aromatic heterocycles. The number of hydrogen-bond acceptors (Lipinski definition) is 6. The molecular formula is C7H6N2OS3. The van der Waals surface area contributed by atoms with E-state index in [4.69, 9.17) is 5.21 Å². The predicted octanol–water partition coefficient (Wildman–Crippen LogP) is 2.86. The normalized spacial score (nSPS) is 10.5. The number of thiazole rings is 1. The molecule has 6 heteroatoms. The van der Waals surface area contributed by atoms with E-state index in [9.17, 15) is 0 Å². The molecule has 0 aliphatic heterocycles. The highest BCUT2D eigenvalue weighted by Gasteiger charge is 2.04. The fourth-order valence-corrected chi connectivity index (χ4v) is 2.86. The van der Waals surface area contributed by atoms with E-state index in [0.29, 0.717) is 0 Å². The summed E-state index contributed by atoms with van der Waals surface area (Å²) < 4.78 is 0.811. The molecule has 0 aliphatic carbocycles. The standard InChI is InChI=1S/C7H6N2OS3/c10-9-13-7-8-5(4-12-7)6-2-1-3-11-6/h1-4,9-10H. The lowest BCUT2D eigenvalue weighted by Crippen LogP contribution is -1.90. The maximum absolute atomic E-state index is 8.44. The van der Waals surface area contributed by atoms with Gasteiger partial charge in [0, 0.05) is 17.3 Å². The molecule has 0 unspecified atom stereocenters. The molecular weight excluding hydrogens is 224 g/mol. The second-order valence-corrected chi connectivity index (χ2v) is 5.01. The molecule has 0 amide bonds. The van der Waals surface area contributed by atoms with Crippen LogP contribution in [0.4, 0.5) is 0 Å². The lowest BCUT2D eigenvalue weighted by Gasteiger charge is -1.89. The molecule has 2 N–H and O–H groups in total. The van der Waals surface area contributed by atoms with Crippen LogP contribution in [0.25, 0.3) is 10.6 Å². The minimum atomic E-state index is 0.811. The Morgan fingerprint density at radius 2 is 2.38 bits per heavy atom. The van der Waals surface area contributed by atoms with Gasteiger partial charge in [-0.3, -0.25) is 0 Å². The van der Waals surface area contributed by atoms with Gasteiger partial charge in [0.05, 0.1) is 10.6 Å². The van der Waals surface area contributed by atoms with Crippen molar-refractivity contribution in [1.29, 1.82) is 0 Å². The van der Waals surface area contributed by atoms with Crippen LogP contribution in [-0.4, -0.2) is 10.2 Å². The minimum absolute atomic E-state index is 0.811. The molecule has 68 valence electrons. The van der Waals surface area contributed by atoms with Crippen molar-refractivity contribution in [2.45, 2.75) is 4.34 Å². The van der Waals surface area contributed by atoms with Crippen molar-refractivity contribution in [3.8, 4) is 10.6 Å². The van der Waals surface area contributed by atoms with Gasteiger partial charge < -0.3 is 5.21 Å². The van der Waals surface area contributed by atoms with Gasteiger partial charge in [-0.05, 0) is 11.4 Å². The third kappa shape index (κ3) is 2.09. The van der Waals surface area contributed by atoms with Crippen LogP contribution >= 0.6 is 34.6 Å². The Morgan fingerprint density at radius 1 is 1.46 bits per heavy atom.